The molecule has 0 spiro atoms. The van der Waals surface area contributed by atoms with Crippen molar-refractivity contribution in [2.75, 3.05) is 0 Å². The van der Waals surface area contributed by atoms with Gasteiger partial charge in [0.15, 0.2) is 0 Å². The molecule has 12 aromatic heterocycles. The van der Waals surface area contributed by atoms with Gasteiger partial charge in [0, 0.05) is 100 Å². The Morgan fingerprint density at radius 1 is 0.333 bits per heavy atom. The summed E-state index contributed by atoms with van der Waals surface area (Å²) in [6.07, 6.45) is 0. The Balaban J connectivity index is 0.000000152. The van der Waals surface area contributed by atoms with Crippen LogP contribution in [-0.2, 0) is 0 Å². The van der Waals surface area contributed by atoms with Crippen LogP contribution in [0.25, 0.3) is 100 Å². The maximum absolute atomic E-state index is 4.34. The van der Waals surface area contributed by atoms with Crippen LogP contribution in [0.5, 0.6) is 0 Å². The summed E-state index contributed by atoms with van der Waals surface area (Å²) >= 11 is 33.0. The SMILES string of the molecule is Cc1ccc(-c2cc(Br)sc2-c2ccc(-c3ccc(-c4sc(Br)cc4-c4ccc(C)s4)s3)s2)s1.Cc1ccc(-c2ccsc2-c2ccc(-c3ccc(-c4sccc4-c4ccc(C)s4)s3)s2)s1.[B]=NS. The Morgan fingerprint density at radius 3 is 0.884 bits per heavy atom. The van der Waals surface area contributed by atoms with Crippen LogP contribution in [0, 0.1) is 27.7 Å². The summed E-state index contributed by atoms with van der Waals surface area (Å²) < 4.78 is 5.05. The van der Waals surface area contributed by atoms with E-state index >= 15 is 0 Å². The quantitative estimate of drug-likeness (QED) is 0.104. The van der Waals surface area contributed by atoms with Gasteiger partial charge in [0.2, 0.25) is 0 Å². The van der Waals surface area contributed by atoms with Gasteiger partial charge in [-0.15, -0.1) is 136 Å². The number of rotatable bonds is 10. The van der Waals surface area contributed by atoms with Crippen LogP contribution in [0.3, 0.4) is 0 Å². The molecule has 69 heavy (non-hydrogen) atoms. The third-order valence-electron chi connectivity index (χ3n) is 10.6. The first-order valence-electron chi connectivity index (χ1n) is 21.0. The Bertz CT molecular complexity index is 3430. The number of thiol groups is 1. The van der Waals surface area contributed by atoms with Crippen molar-refractivity contribution in [3.63, 3.8) is 0 Å². The van der Waals surface area contributed by atoms with Gasteiger partial charge in [0.25, 0.3) is 0 Å². The van der Waals surface area contributed by atoms with E-state index < -0.39 is 0 Å². The third-order valence-corrected chi connectivity index (χ3v) is 25.3. The van der Waals surface area contributed by atoms with Gasteiger partial charge in [0.1, 0.15) is 0 Å². The van der Waals surface area contributed by atoms with Crippen LogP contribution in [0.4, 0.5) is 0 Å². The second kappa shape index (κ2) is 22.4. The molecule has 17 heteroatoms. The monoisotopic (exact) mass is 1260 g/mol. The molecular formula is C52H35BBr2NS13. The summed E-state index contributed by atoms with van der Waals surface area (Å²) in [6, 6.07) is 45.1. The predicted molar refractivity (Wildman–Crippen MR) is 333 cm³/mol. The maximum atomic E-state index is 4.34. The van der Waals surface area contributed by atoms with E-state index in [1.807, 2.05) is 136 Å². The van der Waals surface area contributed by atoms with Crippen molar-refractivity contribution in [2.45, 2.75) is 27.7 Å². The van der Waals surface area contributed by atoms with Crippen molar-refractivity contribution in [3.8, 4) is 100 Å². The fourth-order valence-corrected chi connectivity index (χ4v) is 21.2. The Hall–Kier alpha value is -2.43. The summed E-state index contributed by atoms with van der Waals surface area (Å²) in [5.74, 6) is 0. The van der Waals surface area contributed by atoms with Gasteiger partial charge in [0.05, 0.1) is 27.1 Å². The van der Waals surface area contributed by atoms with Crippen molar-refractivity contribution >= 4 is 188 Å². The number of nitrogens with zero attached hydrogens (tertiary/aromatic N) is 1. The van der Waals surface area contributed by atoms with E-state index in [0.29, 0.717) is 0 Å². The van der Waals surface area contributed by atoms with E-state index in [-0.39, 0.29) is 0 Å². The van der Waals surface area contributed by atoms with E-state index in [1.54, 1.807) is 0 Å². The molecule has 0 unspecified atom stereocenters. The van der Waals surface area contributed by atoms with E-state index in [2.05, 4.69) is 216 Å². The first-order valence-corrected chi connectivity index (χ1v) is 32.9. The predicted octanol–water partition coefficient (Wildman–Crippen LogP) is 23.7. The molecule has 0 saturated carbocycles. The molecular weight excluding hydrogens is 1230 g/mol. The average molecular weight is 1260 g/mol. The van der Waals surface area contributed by atoms with Gasteiger partial charge < -0.3 is 0 Å². The third kappa shape index (κ3) is 11.2. The number of hydrogen-bond acceptors (Lipinski definition) is 14. The zero-order valence-corrected chi connectivity index (χ0v) is 50.7. The van der Waals surface area contributed by atoms with Crippen molar-refractivity contribution in [1.82, 2.24) is 0 Å². The van der Waals surface area contributed by atoms with E-state index in [1.165, 1.54) is 127 Å². The van der Waals surface area contributed by atoms with E-state index in [4.69, 9.17) is 0 Å². The summed E-state index contributed by atoms with van der Waals surface area (Å²) in [5.41, 5.74) is 5.38. The van der Waals surface area contributed by atoms with Crippen LogP contribution < -0.4 is 0 Å². The van der Waals surface area contributed by atoms with Gasteiger partial charge in [-0.2, -0.15) is 0 Å². The molecule has 0 aliphatic carbocycles. The second-order valence-electron chi connectivity index (χ2n) is 15.3. The fraction of sp³-hybridized carbons (Fsp3) is 0.0769. The van der Waals surface area contributed by atoms with Crippen LogP contribution in [0.15, 0.2) is 144 Å². The number of halogens is 2. The molecule has 0 N–H and O–H groups in total. The molecule has 12 heterocycles. The van der Waals surface area contributed by atoms with Crippen LogP contribution >= 0.6 is 181 Å². The van der Waals surface area contributed by atoms with Gasteiger partial charge in [-0.1, -0.05) is 0 Å². The second-order valence-corrected chi connectivity index (χ2v) is 31.7. The Kier molecular flexibility index (Phi) is 16.2. The first-order chi connectivity index (χ1) is 33.5. The summed E-state index contributed by atoms with van der Waals surface area (Å²) in [6.45, 7) is 8.70. The average Bonchev–Trinajstić information content (AvgIpc) is 4.14. The minimum absolute atomic E-state index is 1.18. The van der Waals surface area contributed by atoms with Gasteiger partial charge in [-0.3, -0.25) is 0 Å². The zero-order valence-electron chi connectivity index (χ0n) is 36.8. The molecule has 0 atom stereocenters. The Labute approximate surface area is 473 Å². The van der Waals surface area contributed by atoms with E-state index in [9.17, 15) is 0 Å². The zero-order chi connectivity index (χ0) is 47.8. The normalized spacial score (nSPS) is 11.2. The minimum atomic E-state index is 1.18. The molecule has 1 radical (unpaired) electrons. The summed E-state index contributed by atoms with van der Waals surface area (Å²) in [4.78, 5) is 27.0. The van der Waals surface area contributed by atoms with Crippen molar-refractivity contribution in [2.24, 2.45) is 4.30 Å². The topological polar surface area (TPSA) is 12.4 Å². The van der Waals surface area contributed by atoms with Gasteiger partial charge in [-0.05, 0) is 192 Å². The molecule has 0 fully saturated rings. The summed E-state index contributed by atoms with van der Waals surface area (Å²) in [5, 5.41) is 4.43. The van der Waals surface area contributed by atoms with Crippen molar-refractivity contribution < 1.29 is 0 Å². The standard InChI is InChI=1S/C26H16Br2S6.C26H18S6.BHNS/c1-13-3-5-17(29-13)15-11-23(27)33-25(15)21-9-7-19(31-21)20-8-10-22(32-20)26-16(12-24(28)34-26)18-6-4-14(2)30-18;1-15-3-5-19(29-15)17-11-13-27-25(17)23-9-7-21(31-23)22-8-10-24(32-22)26-18(12-14-28-26)20-6-4-16(2)30-20;1-2-3/h3-12H,1-2H3;3-14H,1-2H3;3H. The Morgan fingerprint density at radius 2 is 0.594 bits per heavy atom. The number of hydrogen-bond donors (Lipinski definition) is 1. The molecule has 343 valence electrons. The van der Waals surface area contributed by atoms with Gasteiger partial charge >= 0.3 is 24.8 Å². The molecule has 0 aromatic carbocycles. The number of aryl methyl sites for hydroxylation is 4. The summed E-state index contributed by atoms with van der Waals surface area (Å²) in [7, 11) is 4.34. The van der Waals surface area contributed by atoms with E-state index in [0.717, 1.165) is 0 Å². The molecule has 12 rings (SSSR count). The molecule has 0 aliphatic rings. The molecule has 1 nitrogen and oxygen atoms in total. The van der Waals surface area contributed by atoms with Crippen LogP contribution in [0.2, 0.25) is 0 Å². The van der Waals surface area contributed by atoms with Crippen LogP contribution in [0.1, 0.15) is 19.5 Å². The number of thiophene rings is 12. The molecule has 0 bridgehead atoms. The van der Waals surface area contributed by atoms with Gasteiger partial charge in [-0.25, -0.2) is 0 Å². The molecule has 12 aromatic rings. The van der Waals surface area contributed by atoms with Crippen molar-refractivity contribution in [3.05, 3.63) is 159 Å². The fourth-order valence-electron chi connectivity index (χ4n) is 7.53. The molecule has 0 saturated heterocycles. The first kappa shape index (κ1) is 50.1. The molecule has 0 aliphatic heterocycles. The van der Waals surface area contributed by atoms with Crippen LogP contribution in [-0.4, -0.2) is 7.64 Å². The van der Waals surface area contributed by atoms with Crippen molar-refractivity contribution in [1.29, 1.82) is 0 Å². The molecule has 0 amide bonds.